The summed E-state index contributed by atoms with van der Waals surface area (Å²) in [6.07, 6.45) is 4.04. The standard InChI is InChI=1S/C10H7Br2N/c11-8-3-4-10(9(12)7-8)13-5-1-2-6-13/h1-7H. The van der Waals surface area contributed by atoms with Gasteiger partial charge in [0.15, 0.2) is 0 Å². The maximum atomic E-state index is 3.52. The van der Waals surface area contributed by atoms with Crippen molar-refractivity contribution in [1.82, 2.24) is 4.57 Å². The van der Waals surface area contributed by atoms with E-state index in [-0.39, 0.29) is 0 Å². The molecule has 0 aliphatic rings. The third-order valence-electron chi connectivity index (χ3n) is 1.79. The Morgan fingerprint density at radius 3 is 2.31 bits per heavy atom. The lowest BCUT2D eigenvalue weighted by Crippen LogP contribution is -1.90. The van der Waals surface area contributed by atoms with Crippen LogP contribution in [-0.2, 0) is 0 Å². The van der Waals surface area contributed by atoms with Gasteiger partial charge >= 0.3 is 0 Å². The van der Waals surface area contributed by atoms with Crippen LogP contribution < -0.4 is 0 Å². The first-order valence-corrected chi connectivity index (χ1v) is 5.44. The molecular formula is C10H7Br2N. The van der Waals surface area contributed by atoms with Gasteiger partial charge in [-0.15, -0.1) is 0 Å². The van der Waals surface area contributed by atoms with Gasteiger partial charge in [-0.05, 0) is 46.3 Å². The third kappa shape index (κ3) is 1.86. The number of rotatable bonds is 1. The second-order valence-corrected chi connectivity index (χ2v) is 4.46. The molecule has 1 heterocycles. The van der Waals surface area contributed by atoms with Crippen molar-refractivity contribution in [1.29, 1.82) is 0 Å². The average molecular weight is 301 g/mol. The van der Waals surface area contributed by atoms with Gasteiger partial charge in [-0.1, -0.05) is 15.9 Å². The molecule has 0 saturated heterocycles. The second kappa shape index (κ2) is 3.68. The van der Waals surface area contributed by atoms with Gasteiger partial charge in [-0.2, -0.15) is 0 Å². The fourth-order valence-electron chi connectivity index (χ4n) is 1.19. The fraction of sp³-hybridized carbons (Fsp3) is 0. The highest BCUT2D eigenvalue weighted by atomic mass is 79.9. The maximum Gasteiger partial charge on any atom is 0.0592 e. The zero-order valence-electron chi connectivity index (χ0n) is 6.74. The van der Waals surface area contributed by atoms with Gasteiger partial charge in [0.05, 0.1) is 5.69 Å². The molecule has 66 valence electrons. The van der Waals surface area contributed by atoms with Crippen LogP contribution in [0.2, 0.25) is 0 Å². The molecule has 0 fully saturated rings. The molecule has 1 nitrogen and oxygen atoms in total. The van der Waals surface area contributed by atoms with Gasteiger partial charge in [0.1, 0.15) is 0 Å². The Balaban J connectivity index is 2.53. The van der Waals surface area contributed by atoms with Crippen molar-refractivity contribution in [3.8, 4) is 5.69 Å². The molecule has 0 aliphatic heterocycles. The molecule has 13 heavy (non-hydrogen) atoms. The molecule has 0 bridgehead atoms. The quantitative estimate of drug-likeness (QED) is 0.750. The number of benzene rings is 1. The first kappa shape index (κ1) is 9.03. The summed E-state index contributed by atoms with van der Waals surface area (Å²) in [6, 6.07) is 10.1. The van der Waals surface area contributed by atoms with E-state index in [0.29, 0.717) is 0 Å². The molecule has 1 aromatic heterocycles. The summed E-state index contributed by atoms with van der Waals surface area (Å²) in [5.41, 5.74) is 1.15. The molecule has 2 rings (SSSR count). The zero-order chi connectivity index (χ0) is 9.26. The Hall–Kier alpha value is -0.540. The maximum absolute atomic E-state index is 3.52. The van der Waals surface area contributed by atoms with Crippen LogP contribution in [0, 0.1) is 0 Å². The predicted octanol–water partition coefficient (Wildman–Crippen LogP) is 4.00. The molecule has 0 spiro atoms. The Kier molecular flexibility index (Phi) is 2.56. The average Bonchev–Trinajstić information content (AvgIpc) is 2.56. The Morgan fingerprint density at radius 2 is 1.69 bits per heavy atom. The lowest BCUT2D eigenvalue weighted by atomic mass is 10.3. The first-order chi connectivity index (χ1) is 6.27. The van der Waals surface area contributed by atoms with Crippen molar-refractivity contribution in [3.05, 3.63) is 51.7 Å². The number of aromatic nitrogens is 1. The summed E-state index contributed by atoms with van der Waals surface area (Å²) in [7, 11) is 0. The summed E-state index contributed by atoms with van der Waals surface area (Å²) in [6.45, 7) is 0. The topological polar surface area (TPSA) is 4.93 Å². The van der Waals surface area contributed by atoms with Gasteiger partial charge in [0.25, 0.3) is 0 Å². The van der Waals surface area contributed by atoms with E-state index in [2.05, 4.69) is 42.5 Å². The smallest absolute Gasteiger partial charge is 0.0592 e. The minimum absolute atomic E-state index is 1.08. The number of nitrogens with zero attached hydrogens (tertiary/aromatic N) is 1. The van der Waals surface area contributed by atoms with E-state index >= 15 is 0 Å². The van der Waals surface area contributed by atoms with Crippen molar-refractivity contribution in [2.45, 2.75) is 0 Å². The highest BCUT2D eigenvalue weighted by Crippen LogP contribution is 2.24. The monoisotopic (exact) mass is 299 g/mol. The molecule has 0 atom stereocenters. The molecule has 0 amide bonds. The van der Waals surface area contributed by atoms with E-state index in [9.17, 15) is 0 Å². The summed E-state index contributed by atoms with van der Waals surface area (Å²) < 4.78 is 4.23. The van der Waals surface area contributed by atoms with Gasteiger partial charge < -0.3 is 4.57 Å². The largest absolute Gasteiger partial charge is 0.323 e. The van der Waals surface area contributed by atoms with E-state index in [1.165, 1.54) is 0 Å². The Morgan fingerprint density at radius 1 is 1.00 bits per heavy atom. The zero-order valence-corrected chi connectivity index (χ0v) is 9.92. The lowest BCUT2D eigenvalue weighted by molar-refractivity contribution is 1.07. The predicted molar refractivity (Wildman–Crippen MR) is 61.2 cm³/mol. The van der Waals surface area contributed by atoms with Crippen LogP contribution in [-0.4, -0.2) is 4.57 Å². The summed E-state index contributed by atoms with van der Waals surface area (Å²) in [5, 5.41) is 0. The minimum atomic E-state index is 1.08. The second-order valence-electron chi connectivity index (χ2n) is 2.69. The van der Waals surface area contributed by atoms with Crippen LogP contribution in [0.15, 0.2) is 51.7 Å². The van der Waals surface area contributed by atoms with Gasteiger partial charge in [-0.25, -0.2) is 0 Å². The molecule has 0 unspecified atom stereocenters. The fourth-order valence-corrected chi connectivity index (χ4v) is 2.44. The number of halogens is 2. The van der Waals surface area contributed by atoms with Crippen molar-refractivity contribution < 1.29 is 0 Å². The third-order valence-corrected chi connectivity index (χ3v) is 2.92. The van der Waals surface area contributed by atoms with E-state index in [0.717, 1.165) is 14.6 Å². The summed E-state index contributed by atoms with van der Waals surface area (Å²) in [5.74, 6) is 0. The molecule has 1 aromatic carbocycles. The van der Waals surface area contributed by atoms with Crippen LogP contribution in [0.4, 0.5) is 0 Å². The normalized spacial score (nSPS) is 10.3. The molecular weight excluding hydrogens is 294 g/mol. The van der Waals surface area contributed by atoms with Crippen LogP contribution >= 0.6 is 31.9 Å². The molecule has 0 saturated carbocycles. The highest BCUT2D eigenvalue weighted by molar-refractivity contribution is 9.11. The molecule has 0 aliphatic carbocycles. The molecule has 2 aromatic rings. The van der Waals surface area contributed by atoms with Crippen molar-refractivity contribution in [3.63, 3.8) is 0 Å². The van der Waals surface area contributed by atoms with E-state index in [1.807, 2.05) is 36.7 Å². The van der Waals surface area contributed by atoms with Gasteiger partial charge in [-0.3, -0.25) is 0 Å². The van der Waals surface area contributed by atoms with Crippen molar-refractivity contribution >= 4 is 31.9 Å². The van der Waals surface area contributed by atoms with Crippen molar-refractivity contribution in [2.75, 3.05) is 0 Å². The van der Waals surface area contributed by atoms with E-state index < -0.39 is 0 Å². The van der Waals surface area contributed by atoms with Crippen molar-refractivity contribution in [2.24, 2.45) is 0 Å². The van der Waals surface area contributed by atoms with Crippen LogP contribution in [0.3, 0.4) is 0 Å². The Bertz CT molecular complexity index is 407. The van der Waals surface area contributed by atoms with E-state index in [4.69, 9.17) is 0 Å². The Labute approximate surface area is 93.6 Å². The minimum Gasteiger partial charge on any atom is -0.323 e. The summed E-state index contributed by atoms with van der Waals surface area (Å²) in [4.78, 5) is 0. The van der Waals surface area contributed by atoms with Crippen LogP contribution in [0.25, 0.3) is 5.69 Å². The number of hydrogen-bond acceptors (Lipinski definition) is 0. The first-order valence-electron chi connectivity index (χ1n) is 3.86. The highest BCUT2D eigenvalue weighted by Gasteiger charge is 2.00. The summed E-state index contributed by atoms with van der Waals surface area (Å²) >= 11 is 6.94. The van der Waals surface area contributed by atoms with E-state index in [1.54, 1.807) is 0 Å². The van der Waals surface area contributed by atoms with Crippen LogP contribution in [0.5, 0.6) is 0 Å². The SMILES string of the molecule is Brc1ccc(-n2cccc2)c(Br)c1. The van der Waals surface area contributed by atoms with Gasteiger partial charge in [0, 0.05) is 21.3 Å². The molecule has 3 heteroatoms. The van der Waals surface area contributed by atoms with Crippen LogP contribution in [0.1, 0.15) is 0 Å². The number of hydrogen-bond donors (Lipinski definition) is 0. The molecule has 0 radical (unpaired) electrons. The molecule has 0 N–H and O–H groups in total. The van der Waals surface area contributed by atoms with Gasteiger partial charge in [0.2, 0.25) is 0 Å². The lowest BCUT2D eigenvalue weighted by Gasteiger charge is -2.05.